The van der Waals surface area contributed by atoms with E-state index in [0.29, 0.717) is 0 Å². The molecule has 1 aromatic heterocycles. The van der Waals surface area contributed by atoms with E-state index in [9.17, 15) is 4.79 Å². The molecule has 0 bridgehead atoms. The highest BCUT2D eigenvalue weighted by atomic mass is 32.2. The molecule has 1 fully saturated rings. The molecular formula is C22H29N5OS. The maximum atomic E-state index is 12.7. The number of carbonyl (C=O) groups is 1. The zero-order valence-corrected chi connectivity index (χ0v) is 17.9. The Labute approximate surface area is 177 Å². The molecular weight excluding hydrogens is 382 g/mol. The smallest absolute Gasteiger partial charge is 0.255 e. The van der Waals surface area contributed by atoms with E-state index >= 15 is 0 Å². The summed E-state index contributed by atoms with van der Waals surface area (Å²) < 4.78 is 6.04. The first kappa shape index (κ1) is 20.2. The van der Waals surface area contributed by atoms with Crippen molar-refractivity contribution in [2.24, 2.45) is 11.4 Å². The summed E-state index contributed by atoms with van der Waals surface area (Å²) in [5.41, 5.74) is 3.37. The molecule has 0 unspecified atom stereocenters. The molecule has 154 valence electrons. The Kier molecular flexibility index (Phi) is 6.37. The second kappa shape index (κ2) is 9.15. The van der Waals surface area contributed by atoms with Gasteiger partial charge in [0.25, 0.3) is 5.91 Å². The van der Waals surface area contributed by atoms with E-state index in [2.05, 4.69) is 49.7 Å². The van der Waals surface area contributed by atoms with Crippen molar-refractivity contribution in [3.63, 3.8) is 0 Å². The van der Waals surface area contributed by atoms with Crippen LogP contribution < -0.4 is 0 Å². The zero-order chi connectivity index (χ0) is 20.2. The molecule has 4 rings (SSSR count). The topological polar surface area (TPSA) is 44.1 Å². The fourth-order valence-corrected chi connectivity index (χ4v) is 4.79. The van der Waals surface area contributed by atoms with Crippen LogP contribution >= 0.6 is 11.9 Å². The van der Waals surface area contributed by atoms with Gasteiger partial charge in [0.1, 0.15) is 0 Å². The SMILES string of the molecule is C=NSc1ccccc1CN1CCN(CCN2CCc3c(ccn3C)C2=O)CC1. The minimum absolute atomic E-state index is 0.190. The molecule has 2 aliphatic rings. The van der Waals surface area contributed by atoms with Crippen molar-refractivity contribution < 1.29 is 4.79 Å². The van der Waals surface area contributed by atoms with Gasteiger partial charge in [0.2, 0.25) is 0 Å². The molecule has 0 radical (unpaired) electrons. The molecule has 0 atom stereocenters. The van der Waals surface area contributed by atoms with Crippen molar-refractivity contribution in [1.82, 2.24) is 19.3 Å². The first-order valence-electron chi connectivity index (χ1n) is 10.2. The van der Waals surface area contributed by atoms with Gasteiger partial charge in [0.15, 0.2) is 0 Å². The second-order valence-electron chi connectivity index (χ2n) is 7.78. The molecule has 3 heterocycles. The third kappa shape index (κ3) is 4.57. The number of piperazine rings is 1. The van der Waals surface area contributed by atoms with Crippen molar-refractivity contribution in [3.8, 4) is 0 Å². The molecule has 2 aromatic rings. The van der Waals surface area contributed by atoms with E-state index in [4.69, 9.17) is 0 Å². The number of aryl methyl sites for hydroxylation is 1. The highest BCUT2D eigenvalue weighted by Gasteiger charge is 2.27. The number of benzene rings is 1. The van der Waals surface area contributed by atoms with E-state index in [1.165, 1.54) is 28.1 Å². The first-order chi connectivity index (χ1) is 14.2. The van der Waals surface area contributed by atoms with Crippen LogP contribution in [0.5, 0.6) is 0 Å². The summed E-state index contributed by atoms with van der Waals surface area (Å²) >= 11 is 1.45. The van der Waals surface area contributed by atoms with E-state index in [1.54, 1.807) is 0 Å². The van der Waals surface area contributed by atoms with Crippen LogP contribution in [0.4, 0.5) is 0 Å². The van der Waals surface area contributed by atoms with E-state index < -0.39 is 0 Å². The monoisotopic (exact) mass is 411 g/mol. The third-order valence-corrected chi connectivity index (χ3v) is 6.74. The molecule has 0 N–H and O–H groups in total. The summed E-state index contributed by atoms with van der Waals surface area (Å²) in [6.07, 6.45) is 2.95. The molecule has 1 aromatic carbocycles. The summed E-state index contributed by atoms with van der Waals surface area (Å²) in [4.78, 5) is 20.9. The van der Waals surface area contributed by atoms with Crippen LogP contribution in [0.1, 0.15) is 21.6 Å². The predicted molar refractivity (Wildman–Crippen MR) is 119 cm³/mol. The van der Waals surface area contributed by atoms with Gasteiger partial charge in [0.05, 0.1) is 5.56 Å². The Morgan fingerprint density at radius 2 is 1.79 bits per heavy atom. The molecule has 6 nitrogen and oxygen atoms in total. The first-order valence-corrected chi connectivity index (χ1v) is 11.0. The van der Waals surface area contributed by atoms with Crippen LogP contribution in [0.3, 0.4) is 0 Å². The van der Waals surface area contributed by atoms with Crippen LogP contribution in [-0.2, 0) is 20.0 Å². The lowest BCUT2D eigenvalue weighted by atomic mass is 10.1. The highest BCUT2D eigenvalue weighted by Crippen LogP contribution is 2.24. The third-order valence-electron chi connectivity index (χ3n) is 6.02. The van der Waals surface area contributed by atoms with Crippen LogP contribution in [-0.4, -0.2) is 77.7 Å². The molecule has 0 aliphatic carbocycles. The minimum atomic E-state index is 0.190. The van der Waals surface area contributed by atoms with Crippen molar-refractivity contribution in [2.75, 3.05) is 45.8 Å². The Hall–Kier alpha value is -2.09. The fourth-order valence-electron chi connectivity index (χ4n) is 4.26. The normalized spacial score (nSPS) is 18.1. The maximum Gasteiger partial charge on any atom is 0.255 e. The number of rotatable bonds is 7. The maximum absolute atomic E-state index is 12.7. The molecule has 0 spiro atoms. The minimum Gasteiger partial charge on any atom is -0.354 e. The van der Waals surface area contributed by atoms with Crippen LogP contribution in [0.2, 0.25) is 0 Å². The van der Waals surface area contributed by atoms with Crippen molar-refractivity contribution >= 4 is 24.6 Å². The number of hydrogen-bond acceptors (Lipinski definition) is 5. The number of hydrogen-bond donors (Lipinski definition) is 0. The van der Waals surface area contributed by atoms with Gasteiger partial charge in [-0.2, -0.15) is 0 Å². The lowest BCUT2D eigenvalue weighted by Crippen LogP contribution is -2.49. The van der Waals surface area contributed by atoms with Crippen molar-refractivity contribution in [2.45, 2.75) is 17.9 Å². The van der Waals surface area contributed by atoms with Crippen molar-refractivity contribution in [1.29, 1.82) is 0 Å². The summed E-state index contributed by atoms with van der Waals surface area (Å²) in [5, 5.41) is 0. The predicted octanol–water partition coefficient (Wildman–Crippen LogP) is 2.55. The molecule has 0 saturated carbocycles. The fraction of sp³-hybridized carbons (Fsp3) is 0.455. The van der Waals surface area contributed by atoms with E-state index in [-0.39, 0.29) is 5.91 Å². The molecule has 29 heavy (non-hydrogen) atoms. The number of amides is 1. The Morgan fingerprint density at radius 1 is 1.03 bits per heavy atom. The van der Waals surface area contributed by atoms with Gasteiger partial charge in [-0.15, -0.1) is 0 Å². The number of nitrogens with zero attached hydrogens (tertiary/aromatic N) is 5. The van der Waals surface area contributed by atoms with Gasteiger partial charge in [-0.25, -0.2) is 4.40 Å². The molecule has 7 heteroatoms. The number of fused-ring (bicyclic) bond motifs is 1. The average molecular weight is 412 g/mol. The molecule has 2 aliphatic heterocycles. The van der Waals surface area contributed by atoms with Gasteiger partial charge in [-0.3, -0.25) is 14.6 Å². The average Bonchev–Trinajstić information content (AvgIpc) is 3.12. The highest BCUT2D eigenvalue weighted by molar-refractivity contribution is 7.98. The summed E-state index contributed by atoms with van der Waals surface area (Å²) in [6.45, 7) is 11.4. The zero-order valence-electron chi connectivity index (χ0n) is 17.1. The van der Waals surface area contributed by atoms with E-state index in [1.807, 2.05) is 24.2 Å². The van der Waals surface area contributed by atoms with Crippen LogP contribution in [0.15, 0.2) is 45.8 Å². The van der Waals surface area contributed by atoms with Gasteiger partial charge >= 0.3 is 0 Å². The van der Waals surface area contributed by atoms with Gasteiger partial charge < -0.3 is 9.47 Å². The number of aromatic nitrogens is 1. The Morgan fingerprint density at radius 3 is 2.59 bits per heavy atom. The van der Waals surface area contributed by atoms with E-state index in [0.717, 1.165) is 64.3 Å². The summed E-state index contributed by atoms with van der Waals surface area (Å²) in [5.74, 6) is 0.190. The Bertz CT molecular complexity index is 872. The molecule has 1 amide bonds. The second-order valence-corrected chi connectivity index (χ2v) is 8.66. The summed E-state index contributed by atoms with van der Waals surface area (Å²) in [7, 11) is 2.02. The summed E-state index contributed by atoms with van der Waals surface area (Å²) in [6, 6.07) is 10.4. The van der Waals surface area contributed by atoms with Gasteiger partial charge in [-0.05, 0) is 24.4 Å². The Balaban J connectivity index is 1.25. The largest absolute Gasteiger partial charge is 0.354 e. The van der Waals surface area contributed by atoms with Crippen molar-refractivity contribution in [3.05, 3.63) is 53.3 Å². The lowest BCUT2D eigenvalue weighted by Gasteiger charge is -2.36. The quantitative estimate of drug-likeness (QED) is 0.519. The lowest BCUT2D eigenvalue weighted by molar-refractivity contribution is 0.0684. The molecule has 1 saturated heterocycles. The van der Waals surface area contributed by atoms with Crippen LogP contribution in [0, 0.1) is 0 Å². The van der Waals surface area contributed by atoms with Gasteiger partial charge in [-0.1, -0.05) is 18.2 Å². The number of carbonyl (C=O) groups excluding carboxylic acids is 1. The van der Waals surface area contributed by atoms with Gasteiger partial charge in [0, 0.05) is 94.6 Å². The standard InChI is InChI=1S/C22H29N5OS/c1-23-29-21-6-4-3-5-18(21)17-26-13-11-25(12-14-26)15-16-27-10-8-20-19(22(27)28)7-9-24(20)2/h3-7,9H,1,8,10-17H2,2H3. The van der Waals surface area contributed by atoms with Crippen LogP contribution in [0.25, 0.3) is 0 Å².